The lowest BCUT2D eigenvalue weighted by Gasteiger charge is -2.14. The molecule has 0 aliphatic rings. The Kier molecular flexibility index (Phi) is 5.08. The van der Waals surface area contributed by atoms with Crippen molar-refractivity contribution in [2.75, 3.05) is 20.8 Å². The zero-order chi connectivity index (χ0) is 12.0. The first kappa shape index (κ1) is 12.8. The highest BCUT2D eigenvalue weighted by Crippen LogP contribution is 2.23. The van der Waals surface area contributed by atoms with Crippen molar-refractivity contribution >= 4 is 0 Å². The Bertz CT molecular complexity index is 329. The molecule has 1 aromatic rings. The summed E-state index contributed by atoms with van der Waals surface area (Å²) in [6.07, 6.45) is 0. The molecule has 0 heterocycles. The summed E-state index contributed by atoms with van der Waals surface area (Å²) in [5.74, 6) is 1.69. The molecule has 1 atom stereocenters. The molecular weight excluding hydrogens is 204 g/mol. The maximum absolute atomic E-state index is 5.54. The number of hydrogen-bond donors (Lipinski definition) is 2. The summed E-state index contributed by atoms with van der Waals surface area (Å²) in [5, 5.41) is 3.31. The molecule has 0 bridgehead atoms. The van der Waals surface area contributed by atoms with E-state index in [9.17, 15) is 0 Å². The molecule has 0 aliphatic carbocycles. The first-order valence-electron chi connectivity index (χ1n) is 5.35. The fraction of sp³-hybridized carbons (Fsp3) is 0.500. The van der Waals surface area contributed by atoms with Crippen LogP contribution in [0.25, 0.3) is 0 Å². The van der Waals surface area contributed by atoms with Crippen molar-refractivity contribution in [3.63, 3.8) is 0 Å². The molecule has 1 unspecified atom stereocenters. The van der Waals surface area contributed by atoms with Gasteiger partial charge in [0.2, 0.25) is 0 Å². The Morgan fingerprint density at radius 3 is 2.62 bits per heavy atom. The highest BCUT2D eigenvalue weighted by atomic mass is 16.5. The van der Waals surface area contributed by atoms with Crippen LogP contribution in [0.3, 0.4) is 0 Å². The number of benzene rings is 1. The fourth-order valence-electron chi connectivity index (χ4n) is 1.39. The van der Waals surface area contributed by atoms with Crippen molar-refractivity contribution in [1.82, 2.24) is 5.32 Å². The Balaban J connectivity index is 2.75. The molecule has 0 aromatic heterocycles. The lowest BCUT2D eigenvalue weighted by atomic mass is 10.1. The molecule has 1 aromatic carbocycles. The van der Waals surface area contributed by atoms with Gasteiger partial charge >= 0.3 is 0 Å². The van der Waals surface area contributed by atoms with Gasteiger partial charge in [0, 0.05) is 24.7 Å². The summed E-state index contributed by atoms with van der Waals surface area (Å²) >= 11 is 0. The minimum atomic E-state index is 0.288. The number of rotatable bonds is 6. The van der Waals surface area contributed by atoms with Crippen molar-refractivity contribution in [2.45, 2.75) is 19.5 Å². The van der Waals surface area contributed by atoms with E-state index >= 15 is 0 Å². The molecule has 90 valence electrons. The molecule has 16 heavy (non-hydrogen) atoms. The number of hydrogen-bond acceptors (Lipinski definition) is 4. The minimum absolute atomic E-state index is 0.288. The summed E-state index contributed by atoms with van der Waals surface area (Å²) in [6.45, 7) is 3.39. The number of methoxy groups -OCH3 is 2. The summed E-state index contributed by atoms with van der Waals surface area (Å²) in [4.78, 5) is 0. The highest BCUT2D eigenvalue weighted by molar-refractivity contribution is 5.40. The normalized spacial score (nSPS) is 12.2. The van der Waals surface area contributed by atoms with Crippen LogP contribution in [0.1, 0.15) is 12.5 Å². The Morgan fingerprint density at radius 2 is 2.06 bits per heavy atom. The van der Waals surface area contributed by atoms with E-state index in [0.29, 0.717) is 6.54 Å². The van der Waals surface area contributed by atoms with Crippen LogP contribution in [0.5, 0.6) is 11.5 Å². The molecule has 4 nitrogen and oxygen atoms in total. The van der Waals surface area contributed by atoms with Crippen molar-refractivity contribution in [3.8, 4) is 11.5 Å². The maximum atomic E-state index is 5.54. The molecule has 0 radical (unpaired) electrons. The monoisotopic (exact) mass is 224 g/mol. The van der Waals surface area contributed by atoms with Gasteiger partial charge in [-0.2, -0.15) is 0 Å². The summed E-state index contributed by atoms with van der Waals surface area (Å²) in [7, 11) is 3.32. The Labute approximate surface area is 96.7 Å². The lowest BCUT2D eigenvalue weighted by molar-refractivity contribution is 0.395. The van der Waals surface area contributed by atoms with Gasteiger partial charge in [0.1, 0.15) is 11.5 Å². The Hall–Kier alpha value is -1.26. The molecule has 4 heteroatoms. The predicted octanol–water partition coefficient (Wildman–Crippen LogP) is 1.14. The zero-order valence-corrected chi connectivity index (χ0v) is 10.1. The largest absolute Gasteiger partial charge is 0.497 e. The van der Waals surface area contributed by atoms with E-state index in [1.54, 1.807) is 14.2 Å². The SMILES string of the molecule is COc1ccc(OC)c(CNC(C)CN)c1. The van der Waals surface area contributed by atoms with E-state index < -0.39 is 0 Å². The van der Waals surface area contributed by atoms with Gasteiger partial charge in [-0.15, -0.1) is 0 Å². The average molecular weight is 224 g/mol. The van der Waals surface area contributed by atoms with Crippen LogP contribution in [0.15, 0.2) is 18.2 Å². The topological polar surface area (TPSA) is 56.5 Å². The van der Waals surface area contributed by atoms with E-state index in [1.807, 2.05) is 25.1 Å². The first-order chi connectivity index (χ1) is 7.71. The van der Waals surface area contributed by atoms with E-state index in [-0.39, 0.29) is 6.04 Å². The standard InChI is InChI=1S/C12H20N2O2/c1-9(7-13)14-8-10-6-11(15-2)4-5-12(10)16-3/h4-6,9,14H,7-8,13H2,1-3H3. The maximum Gasteiger partial charge on any atom is 0.123 e. The van der Waals surface area contributed by atoms with Crippen LogP contribution in [0.2, 0.25) is 0 Å². The van der Waals surface area contributed by atoms with Crippen LogP contribution in [0.4, 0.5) is 0 Å². The van der Waals surface area contributed by atoms with Gasteiger partial charge < -0.3 is 20.5 Å². The van der Waals surface area contributed by atoms with Crippen molar-refractivity contribution in [1.29, 1.82) is 0 Å². The second-order valence-corrected chi connectivity index (χ2v) is 3.70. The van der Waals surface area contributed by atoms with E-state index in [4.69, 9.17) is 15.2 Å². The van der Waals surface area contributed by atoms with Crippen LogP contribution in [0, 0.1) is 0 Å². The second-order valence-electron chi connectivity index (χ2n) is 3.70. The summed E-state index contributed by atoms with van der Waals surface area (Å²) in [5.41, 5.74) is 6.62. The van der Waals surface area contributed by atoms with Crippen LogP contribution >= 0.6 is 0 Å². The predicted molar refractivity (Wildman–Crippen MR) is 64.9 cm³/mol. The van der Waals surface area contributed by atoms with Crippen molar-refractivity contribution in [3.05, 3.63) is 23.8 Å². The highest BCUT2D eigenvalue weighted by Gasteiger charge is 2.06. The van der Waals surface area contributed by atoms with Gasteiger partial charge in [-0.1, -0.05) is 0 Å². The van der Waals surface area contributed by atoms with Gasteiger partial charge in [-0.25, -0.2) is 0 Å². The summed E-state index contributed by atoms with van der Waals surface area (Å²) < 4.78 is 10.5. The van der Waals surface area contributed by atoms with Gasteiger partial charge in [0.05, 0.1) is 14.2 Å². The molecule has 1 rings (SSSR count). The van der Waals surface area contributed by atoms with Gasteiger partial charge in [-0.3, -0.25) is 0 Å². The van der Waals surface area contributed by atoms with Crippen LogP contribution in [-0.4, -0.2) is 26.8 Å². The number of nitrogens with one attached hydrogen (secondary N) is 1. The second kappa shape index (κ2) is 6.35. The fourth-order valence-corrected chi connectivity index (χ4v) is 1.39. The van der Waals surface area contributed by atoms with E-state index in [2.05, 4.69) is 5.32 Å². The third-order valence-electron chi connectivity index (χ3n) is 2.48. The molecule has 0 aliphatic heterocycles. The van der Waals surface area contributed by atoms with Gasteiger partial charge in [0.25, 0.3) is 0 Å². The number of nitrogens with two attached hydrogens (primary N) is 1. The van der Waals surface area contributed by atoms with Crippen molar-refractivity contribution < 1.29 is 9.47 Å². The average Bonchev–Trinajstić information content (AvgIpc) is 2.35. The lowest BCUT2D eigenvalue weighted by Crippen LogP contribution is -2.32. The first-order valence-corrected chi connectivity index (χ1v) is 5.35. The number of ether oxygens (including phenoxy) is 2. The van der Waals surface area contributed by atoms with Gasteiger partial charge in [-0.05, 0) is 25.1 Å². The minimum Gasteiger partial charge on any atom is -0.497 e. The molecule has 0 amide bonds. The summed E-state index contributed by atoms with van der Waals surface area (Å²) in [6, 6.07) is 6.04. The quantitative estimate of drug-likeness (QED) is 0.761. The Morgan fingerprint density at radius 1 is 1.31 bits per heavy atom. The van der Waals surface area contributed by atoms with Crippen LogP contribution < -0.4 is 20.5 Å². The zero-order valence-electron chi connectivity index (χ0n) is 10.1. The van der Waals surface area contributed by atoms with Crippen LogP contribution in [-0.2, 0) is 6.54 Å². The smallest absolute Gasteiger partial charge is 0.123 e. The van der Waals surface area contributed by atoms with E-state index in [1.165, 1.54) is 0 Å². The van der Waals surface area contributed by atoms with E-state index in [0.717, 1.165) is 23.6 Å². The van der Waals surface area contributed by atoms with Gasteiger partial charge in [0.15, 0.2) is 0 Å². The molecule has 3 N–H and O–H groups in total. The van der Waals surface area contributed by atoms with Crippen molar-refractivity contribution in [2.24, 2.45) is 5.73 Å². The third-order valence-corrected chi connectivity index (χ3v) is 2.48. The molecule has 0 saturated heterocycles. The molecular formula is C12H20N2O2. The molecule has 0 spiro atoms. The third kappa shape index (κ3) is 3.40. The molecule has 0 saturated carbocycles. The molecule has 0 fully saturated rings.